The smallest absolute Gasteiger partial charge is 0.329 e. The largest absolute Gasteiger partial charge is 0.479 e. The minimum Gasteiger partial charge on any atom is -0.479 e. The first-order chi connectivity index (χ1) is 9.47. The van der Waals surface area contributed by atoms with Crippen molar-refractivity contribution >= 4 is 18.0 Å². The van der Waals surface area contributed by atoms with Gasteiger partial charge < -0.3 is 20.1 Å². The van der Waals surface area contributed by atoms with E-state index in [9.17, 15) is 19.5 Å². The minimum atomic E-state index is -1.11. The summed E-state index contributed by atoms with van der Waals surface area (Å²) in [6.45, 7) is 2.47. The molecule has 1 aliphatic heterocycles. The quantitative estimate of drug-likeness (QED) is 0.709. The number of amides is 2. The fourth-order valence-electron chi connectivity index (χ4n) is 2.65. The van der Waals surface area contributed by atoms with Crippen molar-refractivity contribution in [1.82, 2.24) is 10.2 Å². The van der Waals surface area contributed by atoms with Gasteiger partial charge in [-0.3, -0.25) is 4.79 Å². The SMILES string of the molecule is CCCC1(C(=O)O)CCCN1C(=O)NCCC(=O)OC. The molecule has 0 spiro atoms. The first kappa shape index (κ1) is 16.3. The molecule has 1 aliphatic rings. The molecule has 2 N–H and O–H groups in total. The zero-order chi connectivity index (χ0) is 15.2. The topological polar surface area (TPSA) is 95.9 Å². The molecule has 1 atom stereocenters. The summed E-state index contributed by atoms with van der Waals surface area (Å²) in [6, 6.07) is -0.428. The molecule has 7 nitrogen and oxygen atoms in total. The predicted octanol–water partition coefficient (Wildman–Crippen LogP) is 0.978. The number of carbonyl (C=O) groups excluding carboxylic acids is 2. The molecule has 0 aliphatic carbocycles. The number of esters is 1. The Morgan fingerprint density at radius 3 is 2.65 bits per heavy atom. The number of hydrogen-bond acceptors (Lipinski definition) is 4. The van der Waals surface area contributed by atoms with Crippen LogP contribution in [0, 0.1) is 0 Å². The van der Waals surface area contributed by atoms with Crippen LogP contribution in [0.4, 0.5) is 4.79 Å². The summed E-state index contributed by atoms with van der Waals surface area (Å²) in [5.74, 6) is -1.37. The highest BCUT2D eigenvalue weighted by Gasteiger charge is 2.49. The van der Waals surface area contributed by atoms with Gasteiger partial charge in [0.25, 0.3) is 0 Å². The Bertz CT molecular complexity index is 385. The number of carbonyl (C=O) groups is 3. The van der Waals surface area contributed by atoms with Crippen molar-refractivity contribution in [2.75, 3.05) is 20.2 Å². The standard InChI is InChI=1S/C13H22N2O5/c1-3-6-13(11(17)18)7-4-9-15(13)12(19)14-8-5-10(16)20-2/h3-9H2,1-2H3,(H,14,19)(H,17,18). The Labute approximate surface area is 118 Å². The molecule has 0 radical (unpaired) electrons. The van der Waals surface area contributed by atoms with Gasteiger partial charge in [0.05, 0.1) is 13.5 Å². The Morgan fingerprint density at radius 2 is 2.10 bits per heavy atom. The third-order valence-corrected chi connectivity index (χ3v) is 3.63. The Hall–Kier alpha value is -1.79. The molecule has 0 saturated carbocycles. The second-order valence-corrected chi connectivity index (χ2v) is 4.90. The number of aliphatic carboxylic acids is 1. The molecule has 0 aromatic carbocycles. The minimum absolute atomic E-state index is 0.0733. The number of methoxy groups -OCH3 is 1. The second-order valence-electron chi connectivity index (χ2n) is 4.90. The molecule has 0 aromatic rings. The van der Waals surface area contributed by atoms with Crippen LogP contribution in [0.15, 0.2) is 0 Å². The second kappa shape index (κ2) is 7.12. The van der Waals surface area contributed by atoms with E-state index in [-0.39, 0.29) is 13.0 Å². The number of rotatable bonds is 6. The molecule has 1 heterocycles. The average molecular weight is 286 g/mol. The van der Waals surface area contributed by atoms with Gasteiger partial charge in [-0.05, 0) is 19.3 Å². The normalized spacial score (nSPS) is 21.6. The van der Waals surface area contributed by atoms with Gasteiger partial charge in [0.15, 0.2) is 0 Å². The van der Waals surface area contributed by atoms with Crippen molar-refractivity contribution < 1.29 is 24.2 Å². The fraction of sp³-hybridized carbons (Fsp3) is 0.769. The number of likely N-dealkylation sites (tertiary alicyclic amines) is 1. The molecule has 1 saturated heterocycles. The maximum Gasteiger partial charge on any atom is 0.329 e. The number of carboxylic acids is 1. The molecule has 20 heavy (non-hydrogen) atoms. The Kier molecular flexibility index (Phi) is 5.79. The van der Waals surface area contributed by atoms with E-state index >= 15 is 0 Å². The van der Waals surface area contributed by atoms with E-state index in [0.717, 1.165) is 0 Å². The summed E-state index contributed by atoms with van der Waals surface area (Å²) in [5, 5.41) is 12.1. The van der Waals surface area contributed by atoms with Gasteiger partial charge in [0.2, 0.25) is 0 Å². The van der Waals surface area contributed by atoms with Crippen molar-refractivity contribution in [2.45, 2.75) is 44.6 Å². The van der Waals surface area contributed by atoms with Crippen LogP contribution >= 0.6 is 0 Å². The van der Waals surface area contributed by atoms with Crippen molar-refractivity contribution in [3.05, 3.63) is 0 Å². The van der Waals surface area contributed by atoms with E-state index in [2.05, 4.69) is 10.1 Å². The highest BCUT2D eigenvalue weighted by atomic mass is 16.5. The van der Waals surface area contributed by atoms with Crippen molar-refractivity contribution in [3.63, 3.8) is 0 Å². The van der Waals surface area contributed by atoms with Gasteiger partial charge >= 0.3 is 18.0 Å². The number of ether oxygens (including phenoxy) is 1. The summed E-state index contributed by atoms with van der Waals surface area (Å²) in [4.78, 5) is 36.0. The number of hydrogen-bond donors (Lipinski definition) is 2. The third-order valence-electron chi connectivity index (χ3n) is 3.63. The molecule has 1 rings (SSSR count). The summed E-state index contributed by atoms with van der Waals surface area (Å²) >= 11 is 0. The molecule has 2 amide bonds. The van der Waals surface area contributed by atoms with Crippen LogP contribution in [0.2, 0.25) is 0 Å². The van der Waals surface area contributed by atoms with Gasteiger partial charge in [0, 0.05) is 13.1 Å². The highest BCUT2D eigenvalue weighted by molar-refractivity contribution is 5.87. The molecular weight excluding hydrogens is 264 g/mol. The number of urea groups is 1. The van der Waals surface area contributed by atoms with Crippen LogP contribution in [0.25, 0.3) is 0 Å². The van der Waals surface area contributed by atoms with E-state index in [1.54, 1.807) is 0 Å². The fourth-order valence-corrected chi connectivity index (χ4v) is 2.65. The Balaban J connectivity index is 2.65. The first-order valence-electron chi connectivity index (χ1n) is 6.83. The van der Waals surface area contributed by atoms with E-state index in [1.807, 2.05) is 6.92 Å². The van der Waals surface area contributed by atoms with Gasteiger partial charge in [-0.2, -0.15) is 0 Å². The van der Waals surface area contributed by atoms with E-state index in [0.29, 0.717) is 32.2 Å². The highest BCUT2D eigenvalue weighted by Crippen LogP contribution is 2.33. The molecule has 1 unspecified atom stereocenters. The van der Waals surface area contributed by atoms with Gasteiger partial charge in [-0.1, -0.05) is 13.3 Å². The van der Waals surface area contributed by atoms with Gasteiger partial charge in [-0.25, -0.2) is 9.59 Å². The molecule has 0 aromatic heterocycles. The maximum atomic E-state index is 12.1. The number of nitrogens with one attached hydrogen (secondary N) is 1. The van der Waals surface area contributed by atoms with Crippen LogP contribution < -0.4 is 5.32 Å². The Morgan fingerprint density at radius 1 is 1.40 bits per heavy atom. The van der Waals surface area contributed by atoms with Crippen LogP contribution in [0.1, 0.15) is 39.0 Å². The third kappa shape index (κ3) is 3.40. The van der Waals surface area contributed by atoms with E-state index < -0.39 is 23.5 Å². The first-order valence-corrected chi connectivity index (χ1v) is 6.83. The molecule has 0 bridgehead atoms. The zero-order valence-corrected chi connectivity index (χ0v) is 12.0. The summed E-state index contributed by atoms with van der Waals surface area (Å²) in [7, 11) is 1.28. The zero-order valence-electron chi connectivity index (χ0n) is 12.0. The lowest BCUT2D eigenvalue weighted by atomic mass is 9.91. The average Bonchev–Trinajstić information content (AvgIpc) is 2.84. The lowest BCUT2D eigenvalue weighted by Crippen LogP contribution is -2.56. The molecular formula is C13H22N2O5. The van der Waals surface area contributed by atoms with Crippen molar-refractivity contribution in [2.24, 2.45) is 0 Å². The van der Waals surface area contributed by atoms with E-state index in [1.165, 1.54) is 12.0 Å². The lowest BCUT2D eigenvalue weighted by molar-refractivity contribution is -0.148. The monoisotopic (exact) mass is 286 g/mol. The van der Waals surface area contributed by atoms with Crippen LogP contribution in [0.3, 0.4) is 0 Å². The summed E-state index contributed by atoms with van der Waals surface area (Å²) in [6.07, 6.45) is 2.35. The van der Waals surface area contributed by atoms with Crippen molar-refractivity contribution in [3.8, 4) is 0 Å². The molecule has 1 fully saturated rings. The van der Waals surface area contributed by atoms with Crippen LogP contribution in [-0.4, -0.2) is 53.7 Å². The summed E-state index contributed by atoms with van der Waals surface area (Å²) in [5.41, 5.74) is -1.11. The van der Waals surface area contributed by atoms with Gasteiger partial charge in [-0.15, -0.1) is 0 Å². The lowest BCUT2D eigenvalue weighted by Gasteiger charge is -2.34. The number of nitrogens with zero attached hydrogens (tertiary/aromatic N) is 1. The summed E-state index contributed by atoms with van der Waals surface area (Å²) < 4.78 is 4.48. The molecule has 7 heteroatoms. The van der Waals surface area contributed by atoms with Crippen molar-refractivity contribution in [1.29, 1.82) is 0 Å². The van der Waals surface area contributed by atoms with Gasteiger partial charge in [0.1, 0.15) is 5.54 Å². The predicted molar refractivity (Wildman–Crippen MR) is 71.2 cm³/mol. The van der Waals surface area contributed by atoms with Crippen LogP contribution in [0.5, 0.6) is 0 Å². The number of carboxylic acid groups (broad SMARTS) is 1. The maximum absolute atomic E-state index is 12.1. The molecule has 114 valence electrons. The van der Waals surface area contributed by atoms with E-state index in [4.69, 9.17) is 0 Å². The van der Waals surface area contributed by atoms with Crippen LogP contribution in [-0.2, 0) is 14.3 Å².